The van der Waals surface area contributed by atoms with Crippen LogP contribution in [0.1, 0.15) is 37.8 Å². The molecule has 2 N–H and O–H groups in total. The third kappa shape index (κ3) is 4.43. The molecule has 2 rings (SSSR count). The van der Waals surface area contributed by atoms with Crippen LogP contribution >= 0.6 is 0 Å². The maximum absolute atomic E-state index is 13.4. The van der Waals surface area contributed by atoms with E-state index < -0.39 is 0 Å². The Labute approximate surface area is 125 Å². The minimum atomic E-state index is -0.328. The Kier molecular flexibility index (Phi) is 5.56. The van der Waals surface area contributed by atoms with Gasteiger partial charge in [0.05, 0.1) is 13.2 Å². The highest BCUT2D eigenvalue weighted by atomic mass is 19.1. The Hall–Kier alpha value is -1.62. The molecule has 1 heterocycles. The van der Waals surface area contributed by atoms with Crippen molar-refractivity contribution in [1.82, 2.24) is 10.6 Å². The molecule has 0 spiro atoms. The molecule has 21 heavy (non-hydrogen) atoms. The van der Waals surface area contributed by atoms with Crippen LogP contribution in [-0.2, 0) is 4.79 Å². The van der Waals surface area contributed by atoms with Gasteiger partial charge in [-0.25, -0.2) is 4.39 Å². The van der Waals surface area contributed by atoms with Crippen LogP contribution < -0.4 is 15.4 Å². The normalized spacial score (nSPS) is 17.3. The number of carbonyl (C=O) groups is 1. The van der Waals surface area contributed by atoms with E-state index in [4.69, 9.17) is 4.74 Å². The maximum Gasteiger partial charge on any atom is 0.220 e. The summed E-state index contributed by atoms with van der Waals surface area (Å²) in [5.74, 6) is 0.713. The number of benzene rings is 1. The van der Waals surface area contributed by atoms with Crippen LogP contribution in [0.15, 0.2) is 18.2 Å². The van der Waals surface area contributed by atoms with E-state index in [1.54, 1.807) is 13.2 Å². The fourth-order valence-electron chi connectivity index (χ4n) is 2.77. The molecular weight excluding hydrogens is 271 g/mol. The molecule has 1 aromatic rings. The number of ether oxygens (including phenoxy) is 1. The summed E-state index contributed by atoms with van der Waals surface area (Å²) in [5, 5.41) is 6.23. The highest BCUT2D eigenvalue weighted by Crippen LogP contribution is 2.26. The van der Waals surface area contributed by atoms with Gasteiger partial charge in [0.1, 0.15) is 11.6 Å². The van der Waals surface area contributed by atoms with Gasteiger partial charge in [0.15, 0.2) is 0 Å². The second kappa shape index (κ2) is 7.41. The number of halogens is 1. The Bertz CT molecular complexity index is 487. The number of hydrogen-bond acceptors (Lipinski definition) is 3. The molecule has 1 amide bonds. The van der Waals surface area contributed by atoms with E-state index in [0.717, 1.165) is 25.9 Å². The van der Waals surface area contributed by atoms with Crippen LogP contribution in [0.2, 0.25) is 0 Å². The Balaban J connectivity index is 1.95. The van der Waals surface area contributed by atoms with E-state index in [0.29, 0.717) is 23.7 Å². The van der Waals surface area contributed by atoms with Gasteiger partial charge in [0, 0.05) is 12.0 Å². The number of amides is 1. The van der Waals surface area contributed by atoms with Crippen molar-refractivity contribution in [3.63, 3.8) is 0 Å². The highest BCUT2D eigenvalue weighted by Gasteiger charge is 2.19. The molecule has 116 valence electrons. The Morgan fingerprint density at radius 2 is 2.19 bits per heavy atom. The summed E-state index contributed by atoms with van der Waals surface area (Å²) < 4.78 is 18.6. The molecule has 4 nitrogen and oxygen atoms in total. The molecule has 0 aliphatic carbocycles. The van der Waals surface area contributed by atoms with Crippen LogP contribution in [0.25, 0.3) is 0 Å². The smallest absolute Gasteiger partial charge is 0.220 e. The molecule has 1 unspecified atom stereocenters. The van der Waals surface area contributed by atoms with Crippen LogP contribution in [0.4, 0.5) is 4.39 Å². The molecule has 1 aliphatic rings. The SMILES string of the molecule is COc1ccc(F)cc1C(C)NC(=O)CC1CCNCC1. The Morgan fingerprint density at radius 1 is 1.48 bits per heavy atom. The maximum atomic E-state index is 13.4. The van der Waals surface area contributed by atoms with Crippen molar-refractivity contribution in [2.24, 2.45) is 5.92 Å². The highest BCUT2D eigenvalue weighted by molar-refractivity contribution is 5.76. The monoisotopic (exact) mass is 294 g/mol. The lowest BCUT2D eigenvalue weighted by molar-refractivity contribution is -0.122. The minimum absolute atomic E-state index is 0.0146. The number of methoxy groups -OCH3 is 1. The zero-order valence-electron chi connectivity index (χ0n) is 12.6. The molecule has 1 saturated heterocycles. The molecule has 1 aromatic carbocycles. The van der Waals surface area contributed by atoms with Crippen molar-refractivity contribution in [1.29, 1.82) is 0 Å². The van der Waals surface area contributed by atoms with Crippen molar-refractivity contribution < 1.29 is 13.9 Å². The largest absolute Gasteiger partial charge is 0.496 e. The van der Waals surface area contributed by atoms with Crippen LogP contribution in [0.3, 0.4) is 0 Å². The second-order valence-corrected chi connectivity index (χ2v) is 5.57. The molecule has 0 saturated carbocycles. The third-order valence-corrected chi connectivity index (χ3v) is 3.97. The van der Waals surface area contributed by atoms with Gasteiger partial charge >= 0.3 is 0 Å². The predicted octanol–water partition coefficient (Wildman–Crippen LogP) is 2.40. The number of rotatable bonds is 5. The summed E-state index contributed by atoms with van der Waals surface area (Å²) >= 11 is 0. The van der Waals surface area contributed by atoms with Crippen LogP contribution in [-0.4, -0.2) is 26.1 Å². The molecular formula is C16H23FN2O2. The molecule has 1 fully saturated rings. The summed E-state index contributed by atoms with van der Waals surface area (Å²) in [4.78, 5) is 12.1. The summed E-state index contributed by atoms with van der Waals surface area (Å²) in [6.07, 6.45) is 2.60. The van der Waals surface area contributed by atoms with Gasteiger partial charge in [0.25, 0.3) is 0 Å². The number of hydrogen-bond donors (Lipinski definition) is 2. The summed E-state index contributed by atoms with van der Waals surface area (Å²) in [6.45, 7) is 3.80. The van der Waals surface area contributed by atoms with E-state index >= 15 is 0 Å². The summed E-state index contributed by atoms with van der Waals surface area (Å²) in [5.41, 5.74) is 0.663. The van der Waals surface area contributed by atoms with Crippen LogP contribution in [0.5, 0.6) is 5.75 Å². The summed E-state index contributed by atoms with van der Waals surface area (Å²) in [7, 11) is 1.54. The van der Waals surface area contributed by atoms with Crippen molar-refractivity contribution >= 4 is 5.91 Å². The molecule has 1 atom stereocenters. The van der Waals surface area contributed by atoms with E-state index in [1.165, 1.54) is 12.1 Å². The average molecular weight is 294 g/mol. The van der Waals surface area contributed by atoms with Gasteiger partial charge in [-0.1, -0.05) is 0 Å². The number of carbonyl (C=O) groups excluding carboxylic acids is 1. The molecule has 5 heteroatoms. The summed E-state index contributed by atoms with van der Waals surface area (Å²) in [6, 6.07) is 4.07. The zero-order valence-corrected chi connectivity index (χ0v) is 12.6. The molecule has 0 aromatic heterocycles. The lowest BCUT2D eigenvalue weighted by Gasteiger charge is -2.23. The van der Waals surface area contributed by atoms with E-state index in [2.05, 4.69) is 10.6 Å². The fraction of sp³-hybridized carbons (Fsp3) is 0.562. The quantitative estimate of drug-likeness (QED) is 0.877. The van der Waals surface area contributed by atoms with Crippen molar-refractivity contribution in [2.45, 2.75) is 32.2 Å². The minimum Gasteiger partial charge on any atom is -0.496 e. The average Bonchev–Trinajstić information content (AvgIpc) is 2.48. The van der Waals surface area contributed by atoms with Crippen molar-refractivity contribution in [3.05, 3.63) is 29.6 Å². The third-order valence-electron chi connectivity index (χ3n) is 3.97. The van der Waals surface area contributed by atoms with Gasteiger partial charge in [-0.3, -0.25) is 4.79 Å². The fourth-order valence-corrected chi connectivity index (χ4v) is 2.77. The number of piperidine rings is 1. The zero-order chi connectivity index (χ0) is 15.2. The predicted molar refractivity (Wildman–Crippen MR) is 79.7 cm³/mol. The number of nitrogens with one attached hydrogen (secondary N) is 2. The van der Waals surface area contributed by atoms with Crippen LogP contribution in [0, 0.1) is 11.7 Å². The topological polar surface area (TPSA) is 50.4 Å². The van der Waals surface area contributed by atoms with Gasteiger partial charge < -0.3 is 15.4 Å². The molecule has 0 radical (unpaired) electrons. The van der Waals surface area contributed by atoms with Gasteiger partial charge in [-0.15, -0.1) is 0 Å². The van der Waals surface area contributed by atoms with Crippen molar-refractivity contribution in [2.75, 3.05) is 20.2 Å². The van der Waals surface area contributed by atoms with E-state index in [-0.39, 0.29) is 17.8 Å². The standard InChI is InChI=1S/C16H23FN2O2/c1-11(14-10-13(17)3-4-15(14)21-2)19-16(20)9-12-5-7-18-8-6-12/h3-4,10-12,18H,5-9H2,1-2H3,(H,19,20). The first kappa shape index (κ1) is 15.8. The Morgan fingerprint density at radius 3 is 2.86 bits per heavy atom. The first-order valence-corrected chi connectivity index (χ1v) is 7.43. The molecule has 0 bridgehead atoms. The lowest BCUT2D eigenvalue weighted by atomic mass is 9.94. The first-order valence-electron chi connectivity index (χ1n) is 7.43. The lowest BCUT2D eigenvalue weighted by Crippen LogP contribution is -2.33. The van der Waals surface area contributed by atoms with E-state index in [9.17, 15) is 9.18 Å². The second-order valence-electron chi connectivity index (χ2n) is 5.57. The molecule has 1 aliphatic heterocycles. The first-order chi connectivity index (χ1) is 10.1. The van der Waals surface area contributed by atoms with Gasteiger partial charge in [-0.2, -0.15) is 0 Å². The van der Waals surface area contributed by atoms with Crippen molar-refractivity contribution in [3.8, 4) is 5.75 Å². The van der Waals surface area contributed by atoms with Gasteiger partial charge in [-0.05, 0) is 57.0 Å². The van der Waals surface area contributed by atoms with E-state index in [1.807, 2.05) is 6.92 Å². The van der Waals surface area contributed by atoms with Gasteiger partial charge in [0.2, 0.25) is 5.91 Å².